The van der Waals surface area contributed by atoms with Crippen molar-refractivity contribution < 1.29 is 0 Å². The van der Waals surface area contributed by atoms with Crippen molar-refractivity contribution in [3.8, 4) is 11.3 Å². The van der Waals surface area contributed by atoms with Crippen molar-refractivity contribution in [2.24, 2.45) is 5.10 Å². The molecule has 0 saturated heterocycles. The van der Waals surface area contributed by atoms with E-state index in [0.29, 0.717) is 0 Å². The van der Waals surface area contributed by atoms with Crippen molar-refractivity contribution in [1.82, 2.24) is 4.98 Å². The maximum absolute atomic E-state index is 4.64. The fourth-order valence-corrected chi connectivity index (χ4v) is 5.13. The highest BCUT2D eigenvalue weighted by Crippen LogP contribution is 2.40. The smallest absolute Gasteiger partial charge is 0.203 e. The fourth-order valence-electron chi connectivity index (χ4n) is 4.46. The van der Waals surface area contributed by atoms with Crippen LogP contribution in [0.15, 0.2) is 95.4 Å². The number of nitrogens with one attached hydrogen (secondary N) is 1. The molecule has 1 aliphatic heterocycles. The van der Waals surface area contributed by atoms with E-state index in [4.69, 9.17) is 0 Å². The molecule has 0 unspecified atom stereocenters. The van der Waals surface area contributed by atoms with Crippen molar-refractivity contribution in [3.63, 3.8) is 0 Å². The van der Waals surface area contributed by atoms with Crippen LogP contribution in [0.5, 0.6) is 0 Å². The first-order chi connectivity index (χ1) is 16.5. The molecule has 5 heteroatoms. The topological polar surface area (TPSA) is 40.5 Å². The van der Waals surface area contributed by atoms with Gasteiger partial charge in [0, 0.05) is 28.7 Å². The van der Waals surface area contributed by atoms with Gasteiger partial charge in [-0.25, -0.2) is 4.98 Å². The van der Waals surface area contributed by atoms with Crippen LogP contribution in [-0.4, -0.2) is 16.7 Å². The average molecular weight is 465 g/mol. The molecule has 0 aliphatic carbocycles. The van der Waals surface area contributed by atoms with Crippen molar-refractivity contribution in [2.45, 2.75) is 32.9 Å². The van der Waals surface area contributed by atoms with Crippen molar-refractivity contribution in [2.75, 3.05) is 10.3 Å². The third kappa shape index (κ3) is 4.66. The normalized spacial score (nSPS) is 14.7. The number of hydrogen-bond donors (Lipinski definition) is 1. The third-order valence-corrected chi connectivity index (χ3v) is 6.88. The number of benzene rings is 3. The first-order valence-electron chi connectivity index (χ1n) is 11.4. The zero-order valence-corrected chi connectivity index (χ0v) is 20.5. The van der Waals surface area contributed by atoms with Gasteiger partial charge in [0.05, 0.1) is 17.4 Å². The highest BCUT2D eigenvalue weighted by atomic mass is 32.1. The number of nitrogens with zero attached hydrogens (tertiary/aromatic N) is 3. The molecule has 1 aromatic heterocycles. The molecular weight excluding hydrogens is 436 g/mol. The van der Waals surface area contributed by atoms with Crippen molar-refractivity contribution in [3.05, 3.63) is 107 Å². The molecule has 0 atom stereocenters. The largest absolute Gasteiger partial charge is 0.358 e. The van der Waals surface area contributed by atoms with Gasteiger partial charge in [-0.05, 0) is 49.6 Å². The van der Waals surface area contributed by atoms with Crippen LogP contribution in [0.1, 0.15) is 37.5 Å². The predicted molar refractivity (Wildman–Crippen MR) is 146 cm³/mol. The molecule has 3 aromatic carbocycles. The summed E-state index contributed by atoms with van der Waals surface area (Å²) in [5, 5.41) is 7.27. The molecule has 4 aromatic rings. The lowest BCUT2D eigenvalue weighted by molar-refractivity contribution is 0.552. The first kappa shape index (κ1) is 22.1. The van der Waals surface area contributed by atoms with E-state index in [1.54, 1.807) is 11.3 Å². The summed E-state index contributed by atoms with van der Waals surface area (Å²) in [4.78, 5) is 7.11. The van der Waals surface area contributed by atoms with E-state index < -0.39 is 0 Å². The van der Waals surface area contributed by atoms with Gasteiger partial charge in [0.1, 0.15) is 0 Å². The second kappa shape index (κ2) is 9.27. The maximum atomic E-state index is 4.64. The van der Waals surface area contributed by atoms with Crippen LogP contribution in [0.25, 0.3) is 16.8 Å². The Balaban J connectivity index is 1.35. The van der Waals surface area contributed by atoms with Crippen LogP contribution in [0.3, 0.4) is 0 Å². The summed E-state index contributed by atoms with van der Waals surface area (Å²) in [6, 6.07) is 27.4. The lowest BCUT2D eigenvalue weighted by Gasteiger charge is -2.43. The van der Waals surface area contributed by atoms with Gasteiger partial charge in [-0.1, -0.05) is 72.8 Å². The van der Waals surface area contributed by atoms with Crippen LogP contribution >= 0.6 is 11.3 Å². The number of rotatable bonds is 6. The average Bonchev–Trinajstić information content (AvgIpc) is 3.32. The van der Waals surface area contributed by atoms with E-state index in [9.17, 15) is 0 Å². The molecule has 170 valence electrons. The molecule has 0 amide bonds. The Kier molecular flexibility index (Phi) is 6.03. The summed E-state index contributed by atoms with van der Waals surface area (Å²) in [6.07, 6.45) is 4.22. The molecule has 0 radical (unpaired) electrons. The van der Waals surface area contributed by atoms with E-state index in [1.807, 2.05) is 29.8 Å². The van der Waals surface area contributed by atoms with Gasteiger partial charge < -0.3 is 4.90 Å². The minimum atomic E-state index is -0.0641. The summed E-state index contributed by atoms with van der Waals surface area (Å²) in [5.74, 6) is 0. The number of thiazole rings is 1. The zero-order valence-electron chi connectivity index (χ0n) is 19.7. The lowest BCUT2D eigenvalue weighted by atomic mass is 9.87. The summed E-state index contributed by atoms with van der Waals surface area (Å²) in [6.45, 7) is 7.62. The van der Waals surface area contributed by atoms with Gasteiger partial charge in [0.15, 0.2) is 0 Å². The van der Waals surface area contributed by atoms with Crippen LogP contribution in [-0.2, 0) is 6.54 Å². The molecule has 2 heterocycles. The second-order valence-electron chi connectivity index (χ2n) is 9.10. The number of fused-ring (bicyclic) bond motifs is 1. The Bertz CT molecular complexity index is 1340. The number of hydrogen-bond acceptors (Lipinski definition) is 5. The Morgan fingerprint density at radius 2 is 1.74 bits per heavy atom. The monoisotopic (exact) mass is 464 g/mol. The van der Waals surface area contributed by atoms with E-state index in [2.05, 4.69) is 108 Å². The van der Waals surface area contributed by atoms with Gasteiger partial charge in [0.2, 0.25) is 5.13 Å². The lowest BCUT2D eigenvalue weighted by Crippen LogP contribution is -2.44. The molecular formula is C29H28N4S. The Morgan fingerprint density at radius 1 is 1.00 bits per heavy atom. The quantitative estimate of drug-likeness (QED) is 0.238. The fraction of sp³-hybridized carbons (Fsp3) is 0.172. The molecule has 1 aliphatic rings. The molecule has 0 saturated carbocycles. The molecule has 1 N–H and O–H groups in total. The van der Waals surface area contributed by atoms with Gasteiger partial charge in [-0.2, -0.15) is 5.10 Å². The Labute approximate surface area is 205 Å². The summed E-state index contributed by atoms with van der Waals surface area (Å²) >= 11 is 1.55. The summed E-state index contributed by atoms with van der Waals surface area (Å²) < 4.78 is 0. The molecule has 0 spiro atoms. The van der Waals surface area contributed by atoms with Crippen LogP contribution in [0, 0.1) is 0 Å². The van der Waals surface area contributed by atoms with Crippen LogP contribution in [0.2, 0.25) is 0 Å². The first-order valence-corrected chi connectivity index (χ1v) is 12.3. The zero-order chi connectivity index (χ0) is 23.5. The number of aromatic nitrogens is 1. The molecule has 0 fully saturated rings. The maximum Gasteiger partial charge on any atom is 0.203 e. The van der Waals surface area contributed by atoms with Gasteiger partial charge in [-0.3, -0.25) is 5.43 Å². The van der Waals surface area contributed by atoms with E-state index >= 15 is 0 Å². The summed E-state index contributed by atoms with van der Waals surface area (Å²) in [5.41, 5.74) is 11.2. The standard InChI is InChI=1S/C29H28N4S/c1-21-17-29(2,3)33(19-22-10-6-4-7-11-22)27-15-14-23(16-25(21)27)18-30-32-28-31-26(20-34-28)24-12-8-5-9-13-24/h4-18,20H,19H2,1-3H3,(H,31,32). The third-order valence-electron chi connectivity index (χ3n) is 6.13. The van der Waals surface area contributed by atoms with E-state index in [-0.39, 0.29) is 5.54 Å². The highest BCUT2D eigenvalue weighted by Gasteiger charge is 2.31. The van der Waals surface area contributed by atoms with Gasteiger partial charge in [0.25, 0.3) is 0 Å². The van der Waals surface area contributed by atoms with Crippen molar-refractivity contribution >= 4 is 33.9 Å². The minimum Gasteiger partial charge on any atom is -0.358 e. The van der Waals surface area contributed by atoms with Gasteiger partial charge in [-0.15, -0.1) is 11.3 Å². The summed E-state index contributed by atoms with van der Waals surface area (Å²) in [7, 11) is 0. The van der Waals surface area contributed by atoms with E-state index in [1.165, 1.54) is 22.4 Å². The minimum absolute atomic E-state index is 0.0641. The predicted octanol–water partition coefficient (Wildman–Crippen LogP) is 7.46. The van der Waals surface area contributed by atoms with Crippen LogP contribution < -0.4 is 10.3 Å². The highest BCUT2D eigenvalue weighted by molar-refractivity contribution is 7.14. The second-order valence-corrected chi connectivity index (χ2v) is 9.96. The number of allylic oxidation sites excluding steroid dienone is 1. The van der Waals surface area contributed by atoms with Gasteiger partial charge >= 0.3 is 0 Å². The molecule has 5 rings (SSSR count). The van der Waals surface area contributed by atoms with Crippen LogP contribution in [0.4, 0.5) is 10.8 Å². The number of hydrazone groups is 1. The van der Waals surface area contributed by atoms with E-state index in [0.717, 1.165) is 28.5 Å². The molecule has 4 nitrogen and oxygen atoms in total. The van der Waals surface area contributed by atoms with Crippen molar-refractivity contribution in [1.29, 1.82) is 0 Å². The number of anilines is 2. The SMILES string of the molecule is CC1=CC(C)(C)N(Cc2ccccc2)c2ccc(C=NNc3nc(-c4ccccc4)cs3)cc21. The molecule has 0 bridgehead atoms. The Hall–Kier alpha value is -3.70. The Morgan fingerprint density at radius 3 is 2.50 bits per heavy atom. The molecule has 34 heavy (non-hydrogen) atoms.